The number of benzene rings is 1. The minimum Gasteiger partial charge on any atom is -0.255 e. The Morgan fingerprint density at radius 1 is 1.23 bits per heavy atom. The summed E-state index contributed by atoms with van der Waals surface area (Å²) < 4.78 is 11.3. The van der Waals surface area contributed by atoms with Gasteiger partial charge in [-0.2, -0.15) is 0 Å². The summed E-state index contributed by atoms with van der Waals surface area (Å²) in [5, 5.41) is 1.94. The van der Waals surface area contributed by atoms with Crippen molar-refractivity contribution in [1.82, 2.24) is 0 Å². The summed E-state index contributed by atoms with van der Waals surface area (Å²) >= 11 is 0. The molecule has 0 heterocycles. The van der Waals surface area contributed by atoms with Crippen LogP contribution >= 0.6 is 0 Å². The predicted molar refractivity (Wildman–Crippen MR) is 58.8 cm³/mol. The van der Waals surface area contributed by atoms with Gasteiger partial charge >= 0.3 is 0 Å². The van der Waals surface area contributed by atoms with Gasteiger partial charge < -0.3 is 0 Å². The molecule has 1 rings (SSSR count). The fourth-order valence-electron chi connectivity index (χ4n) is 0.867. The molecule has 70 valence electrons. The molecule has 0 saturated heterocycles. The monoisotopic (exact) mass is 194 g/mol. The van der Waals surface area contributed by atoms with Crippen molar-refractivity contribution in [3.05, 3.63) is 41.3 Å². The highest BCUT2D eigenvalue weighted by atomic mass is 32.2. The average Bonchev–Trinajstić information content (AvgIpc) is 2.15. The predicted octanol–water partition coefficient (Wildman–Crippen LogP) is 2.81. The van der Waals surface area contributed by atoms with E-state index in [0.29, 0.717) is 0 Å². The summed E-state index contributed by atoms with van der Waals surface area (Å²) in [6.45, 7) is 3.90. The SMILES string of the molecule is CC(C)S(=O)/C=C/c1ccccc1. The molecule has 0 fully saturated rings. The molecule has 0 aliphatic heterocycles. The van der Waals surface area contributed by atoms with E-state index in [1.807, 2.05) is 50.3 Å². The van der Waals surface area contributed by atoms with E-state index in [0.717, 1.165) is 5.56 Å². The molecule has 1 atom stereocenters. The third-order valence-corrected chi connectivity index (χ3v) is 2.99. The van der Waals surface area contributed by atoms with Gasteiger partial charge in [-0.15, -0.1) is 0 Å². The summed E-state index contributed by atoms with van der Waals surface area (Å²) in [6.07, 6.45) is 1.90. The van der Waals surface area contributed by atoms with E-state index in [-0.39, 0.29) is 5.25 Å². The lowest BCUT2D eigenvalue weighted by Crippen LogP contribution is -2.00. The normalized spacial score (nSPS) is 13.8. The van der Waals surface area contributed by atoms with Crippen LogP contribution in [0.25, 0.3) is 6.08 Å². The van der Waals surface area contributed by atoms with Crippen molar-refractivity contribution in [2.24, 2.45) is 0 Å². The van der Waals surface area contributed by atoms with Crippen LogP contribution in [0, 0.1) is 0 Å². The maximum atomic E-state index is 11.3. The molecule has 0 aliphatic rings. The Hall–Kier alpha value is -0.890. The van der Waals surface area contributed by atoms with Crippen LogP contribution in [-0.4, -0.2) is 9.46 Å². The quantitative estimate of drug-likeness (QED) is 0.723. The molecular formula is C11H14OS. The maximum Gasteiger partial charge on any atom is 0.0481 e. The molecule has 0 N–H and O–H groups in total. The Balaban J connectivity index is 2.64. The first-order valence-electron chi connectivity index (χ1n) is 4.33. The van der Waals surface area contributed by atoms with E-state index in [2.05, 4.69) is 0 Å². The zero-order valence-electron chi connectivity index (χ0n) is 7.94. The Morgan fingerprint density at radius 2 is 1.85 bits per heavy atom. The van der Waals surface area contributed by atoms with Gasteiger partial charge in [0.25, 0.3) is 0 Å². The summed E-state index contributed by atoms with van der Waals surface area (Å²) in [6, 6.07) is 9.90. The molecule has 0 spiro atoms. The number of rotatable bonds is 3. The topological polar surface area (TPSA) is 17.1 Å². The maximum absolute atomic E-state index is 11.3. The lowest BCUT2D eigenvalue weighted by molar-refractivity contribution is 0.682. The molecule has 0 aliphatic carbocycles. The first-order chi connectivity index (χ1) is 6.20. The van der Waals surface area contributed by atoms with Crippen molar-refractivity contribution in [1.29, 1.82) is 0 Å². The molecule has 1 aromatic rings. The standard InChI is InChI=1S/C11H14OS/c1-10(2)13(12)9-8-11-6-4-3-5-7-11/h3-10H,1-2H3/b9-8+. The summed E-state index contributed by atoms with van der Waals surface area (Å²) in [7, 11) is -0.853. The van der Waals surface area contributed by atoms with Gasteiger partial charge in [0, 0.05) is 21.5 Å². The second-order valence-electron chi connectivity index (χ2n) is 3.09. The van der Waals surface area contributed by atoms with Crippen molar-refractivity contribution in [2.45, 2.75) is 19.1 Å². The van der Waals surface area contributed by atoms with Crippen LogP contribution in [0.2, 0.25) is 0 Å². The van der Waals surface area contributed by atoms with E-state index in [9.17, 15) is 4.21 Å². The van der Waals surface area contributed by atoms with Crippen LogP contribution in [0.5, 0.6) is 0 Å². The molecule has 0 aromatic heterocycles. The van der Waals surface area contributed by atoms with Crippen LogP contribution in [0.4, 0.5) is 0 Å². The zero-order chi connectivity index (χ0) is 9.68. The fraction of sp³-hybridized carbons (Fsp3) is 0.273. The largest absolute Gasteiger partial charge is 0.255 e. The lowest BCUT2D eigenvalue weighted by Gasteiger charge is -1.97. The van der Waals surface area contributed by atoms with Crippen LogP contribution in [0.1, 0.15) is 19.4 Å². The highest BCUT2D eigenvalue weighted by Crippen LogP contribution is 2.04. The number of hydrogen-bond acceptors (Lipinski definition) is 1. The minimum absolute atomic E-state index is 0.194. The van der Waals surface area contributed by atoms with Gasteiger partial charge in [-0.05, 0) is 11.6 Å². The lowest BCUT2D eigenvalue weighted by atomic mass is 10.2. The van der Waals surface area contributed by atoms with E-state index >= 15 is 0 Å². The Morgan fingerprint density at radius 3 is 2.38 bits per heavy atom. The Labute approximate surface area is 81.9 Å². The van der Waals surface area contributed by atoms with Crippen molar-refractivity contribution in [2.75, 3.05) is 0 Å². The van der Waals surface area contributed by atoms with Crippen molar-refractivity contribution in [3.8, 4) is 0 Å². The molecule has 0 bridgehead atoms. The van der Waals surface area contributed by atoms with Crippen molar-refractivity contribution in [3.63, 3.8) is 0 Å². The van der Waals surface area contributed by atoms with Crippen LogP contribution in [0.3, 0.4) is 0 Å². The minimum atomic E-state index is -0.853. The van der Waals surface area contributed by atoms with Gasteiger partial charge in [0.15, 0.2) is 0 Å². The van der Waals surface area contributed by atoms with Gasteiger partial charge in [0.2, 0.25) is 0 Å². The van der Waals surface area contributed by atoms with Gasteiger partial charge in [-0.1, -0.05) is 44.2 Å². The summed E-state index contributed by atoms with van der Waals surface area (Å²) in [5.41, 5.74) is 1.09. The van der Waals surface area contributed by atoms with Gasteiger partial charge in [-0.25, -0.2) is 0 Å². The Bertz CT molecular complexity index is 301. The highest BCUT2D eigenvalue weighted by molar-refractivity contribution is 7.88. The second-order valence-corrected chi connectivity index (χ2v) is 4.96. The van der Waals surface area contributed by atoms with E-state index in [1.165, 1.54) is 0 Å². The molecule has 0 saturated carbocycles. The van der Waals surface area contributed by atoms with Gasteiger partial charge in [-0.3, -0.25) is 4.21 Å². The summed E-state index contributed by atoms with van der Waals surface area (Å²) in [4.78, 5) is 0. The Kier molecular flexibility index (Phi) is 3.90. The van der Waals surface area contributed by atoms with Crippen LogP contribution in [-0.2, 0) is 10.8 Å². The third kappa shape index (κ3) is 3.55. The molecule has 0 radical (unpaired) electrons. The molecule has 1 unspecified atom stereocenters. The third-order valence-electron chi connectivity index (χ3n) is 1.66. The van der Waals surface area contributed by atoms with E-state index in [4.69, 9.17) is 0 Å². The van der Waals surface area contributed by atoms with Crippen molar-refractivity contribution < 1.29 is 4.21 Å². The number of hydrogen-bond donors (Lipinski definition) is 0. The highest BCUT2D eigenvalue weighted by Gasteiger charge is 1.98. The van der Waals surface area contributed by atoms with Crippen LogP contribution < -0.4 is 0 Å². The van der Waals surface area contributed by atoms with Gasteiger partial charge in [0.1, 0.15) is 0 Å². The van der Waals surface area contributed by atoms with Gasteiger partial charge in [0.05, 0.1) is 0 Å². The molecule has 2 heteroatoms. The van der Waals surface area contributed by atoms with Crippen LogP contribution in [0.15, 0.2) is 35.7 Å². The molecule has 0 amide bonds. The molecule has 1 nitrogen and oxygen atoms in total. The van der Waals surface area contributed by atoms with Crippen molar-refractivity contribution >= 4 is 16.9 Å². The smallest absolute Gasteiger partial charge is 0.0481 e. The summed E-state index contributed by atoms with van der Waals surface area (Å²) in [5.74, 6) is 0. The second kappa shape index (κ2) is 4.97. The fourth-order valence-corrected chi connectivity index (χ4v) is 1.47. The first-order valence-corrected chi connectivity index (χ1v) is 5.60. The molecule has 13 heavy (non-hydrogen) atoms. The molecular weight excluding hydrogens is 180 g/mol. The zero-order valence-corrected chi connectivity index (χ0v) is 8.75. The molecule has 1 aromatic carbocycles. The average molecular weight is 194 g/mol. The first kappa shape index (κ1) is 10.2. The van der Waals surface area contributed by atoms with E-state index in [1.54, 1.807) is 5.41 Å². The van der Waals surface area contributed by atoms with E-state index < -0.39 is 10.8 Å².